The Hall–Kier alpha value is -1.35. The largest absolute Gasteiger partial charge is 0.481 e. The molecule has 0 fully saturated rings. The van der Waals surface area contributed by atoms with Crippen molar-refractivity contribution in [1.29, 1.82) is 0 Å². The van der Waals surface area contributed by atoms with Crippen LogP contribution in [0.15, 0.2) is 30.3 Å². The van der Waals surface area contributed by atoms with E-state index in [-0.39, 0.29) is 0 Å². The quantitative estimate of drug-likeness (QED) is 0.731. The highest BCUT2D eigenvalue weighted by molar-refractivity contribution is 5.77. The van der Waals surface area contributed by atoms with Crippen molar-refractivity contribution in [2.24, 2.45) is 0 Å². The highest BCUT2D eigenvalue weighted by Gasteiger charge is 2.38. The summed E-state index contributed by atoms with van der Waals surface area (Å²) in [5.74, 6) is -1.83. The van der Waals surface area contributed by atoms with Crippen LogP contribution >= 0.6 is 0 Å². The van der Waals surface area contributed by atoms with Gasteiger partial charge in [0.15, 0.2) is 0 Å². The molecule has 0 amide bonds. The van der Waals surface area contributed by atoms with Crippen LogP contribution in [0.25, 0.3) is 0 Å². The number of unbranched alkanes of at least 4 members (excludes halogenated alkanes) is 2. The van der Waals surface area contributed by atoms with Gasteiger partial charge in [-0.25, -0.2) is 0 Å². The zero-order valence-electron chi connectivity index (χ0n) is 11.1. The summed E-state index contributed by atoms with van der Waals surface area (Å²) in [6.07, 6.45) is 3.42. The molecule has 3 heteroatoms. The van der Waals surface area contributed by atoms with Crippen LogP contribution in [0.2, 0.25) is 0 Å². The van der Waals surface area contributed by atoms with E-state index in [1.54, 1.807) is 31.2 Å². The maximum atomic E-state index is 11.4. The second-order valence-electron chi connectivity index (χ2n) is 5.00. The minimum absolute atomic E-state index is 0.507. The molecule has 3 nitrogen and oxygen atoms in total. The van der Waals surface area contributed by atoms with Gasteiger partial charge in [-0.15, -0.1) is 0 Å². The Kier molecular flexibility index (Phi) is 5.35. The molecule has 0 aliphatic rings. The first-order chi connectivity index (χ1) is 8.49. The van der Waals surface area contributed by atoms with Crippen LogP contribution in [0.3, 0.4) is 0 Å². The fraction of sp³-hybridized carbons (Fsp3) is 0.533. The second kappa shape index (κ2) is 6.55. The van der Waals surface area contributed by atoms with Crippen molar-refractivity contribution in [1.82, 2.24) is 0 Å². The van der Waals surface area contributed by atoms with Gasteiger partial charge in [0.05, 0.1) is 5.60 Å². The van der Waals surface area contributed by atoms with Crippen molar-refractivity contribution in [3.8, 4) is 0 Å². The number of hydrogen-bond acceptors (Lipinski definition) is 2. The third-order valence-electron chi connectivity index (χ3n) is 3.29. The van der Waals surface area contributed by atoms with E-state index in [2.05, 4.69) is 6.92 Å². The first kappa shape index (κ1) is 14.7. The highest BCUT2D eigenvalue weighted by atomic mass is 16.4. The topological polar surface area (TPSA) is 57.5 Å². The number of carboxylic acids is 1. The van der Waals surface area contributed by atoms with Crippen LogP contribution in [0.1, 0.15) is 51.0 Å². The molecule has 1 aromatic rings. The number of rotatable bonds is 7. The Morgan fingerprint density at radius 2 is 1.89 bits per heavy atom. The Morgan fingerprint density at radius 3 is 2.39 bits per heavy atom. The van der Waals surface area contributed by atoms with Crippen LogP contribution in [-0.4, -0.2) is 21.8 Å². The zero-order chi connectivity index (χ0) is 13.6. The first-order valence-corrected chi connectivity index (χ1v) is 6.49. The predicted octanol–water partition coefficient (Wildman–Crippen LogP) is 3.19. The molecule has 0 spiro atoms. The van der Waals surface area contributed by atoms with Crippen molar-refractivity contribution in [2.45, 2.75) is 51.0 Å². The Morgan fingerprint density at radius 1 is 1.28 bits per heavy atom. The molecule has 0 aliphatic carbocycles. The zero-order valence-corrected chi connectivity index (χ0v) is 11.1. The van der Waals surface area contributed by atoms with Gasteiger partial charge in [0.25, 0.3) is 0 Å². The average Bonchev–Trinajstić information content (AvgIpc) is 2.29. The first-order valence-electron chi connectivity index (χ1n) is 6.49. The van der Waals surface area contributed by atoms with E-state index in [1.807, 2.05) is 6.07 Å². The summed E-state index contributed by atoms with van der Waals surface area (Å²) in [6, 6.07) is 8.95. The van der Waals surface area contributed by atoms with Crippen molar-refractivity contribution >= 4 is 5.97 Å². The molecule has 2 N–H and O–H groups in total. The monoisotopic (exact) mass is 250 g/mol. The van der Waals surface area contributed by atoms with E-state index in [4.69, 9.17) is 0 Å². The molecule has 0 bridgehead atoms. The van der Waals surface area contributed by atoms with Crippen LogP contribution in [0, 0.1) is 0 Å². The summed E-state index contributed by atoms with van der Waals surface area (Å²) in [5.41, 5.74) is -0.547. The highest BCUT2D eigenvalue weighted by Crippen LogP contribution is 2.32. The van der Waals surface area contributed by atoms with E-state index in [0.29, 0.717) is 12.0 Å². The van der Waals surface area contributed by atoms with Crippen LogP contribution < -0.4 is 0 Å². The number of aliphatic carboxylic acids is 1. The molecule has 100 valence electrons. The van der Waals surface area contributed by atoms with Crippen molar-refractivity contribution < 1.29 is 15.0 Å². The molecular formula is C15H22O3. The summed E-state index contributed by atoms with van der Waals surface area (Å²) < 4.78 is 0. The van der Waals surface area contributed by atoms with Gasteiger partial charge in [-0.1, -0.05) is 56.5 Å². The fourth-order valence-corrected chi connectivity index (χ4v) is 2.29. The van der Waals surface area contributed by atoms with Gasteiger partial charge in [-0.2, -0.15) is 0 Å². The van der Waals surface area contributed by atoms with Gasteiger partial charge in [0.1, 0.15) is 5.92 Å². The molecule has 1 rings (SSSR count). The standard InChI is InChI=1S/C15H22O3/c1-3-4-8-11-15(2,18)13(14(16)17)12-9-6-5-7-10-12/h5-7,9-10,13,18H,3-4,8,11H2,1-2H3,(H,16,17)/t13-,15-/m1/s1. The average molecular weight is 250 g/mol. The number of carbonyl (C=O) groups is 1. The van der Waals surface area contributed by atoms with Crippen LogP contribution in [0.5, 0.6) is 0 Å². The van der Waals surface area contributed by atoms with E-state index < -0.39 is 17.5 Å². The third-order valence-corrected chi connectivity index (χ3v) is 3.29. The molecule has 18 heavy (non-hydrogen) atoms. The normalized spacial score (nSPS) is 15.9. The lowest BCUT2D eigenvalue weighted by atomic mass is 9.80. The fourth-order valence-electron chi connectivity index (χ4n) is 2.29. The van der Waals surface area contributed by atoms with Gasteiger partial charge < -0.3 is 10.2 Å². The number of benzene rings is 1. The minimum atomic E-state index is -1.21. The van der Waals surface area contributed by atoms with Crippen molar-refractivity contribution in [3.05, 3.63) is 35.9 Å². The molecule has 0 heterocycles. The molecule has 1 aromatic carbocycles. The lowest BCUT2D eigenvalue weighted by molar-refractivity contribution is -0.145. The number of carboxylic acid groups (broad SMARTS) is 1. The lowest BCUT2D eigenvalue weighted by Crippen LogP contribution is -2.37. The second-order valence-corrected chi connectivity index (χ2v) is 5.00. The Balaban J connectivity index is 2.88. The molecular weight excluding hydrogens is 228 g/mol. The van der Waals surface area contributed by atoms with Crippen molar-refractivity contribution in [2.75, 3.05) is 0 Å². The van der Waals surface area contributed by atoms with E-state index in [1.165, 1.54) is 0 Å². The Bertz CT molecular complexity index is 371. The summed E-state index contributed by atoms with van der Waals surface area (Å²) >= 11 is 0. The number of aliphatic hydroxyl groups is 1. The third kappa shape index (κ3) is 3.84. The summed E-state index contributed by atoms with van der Waals surface area (Å²) in [4.78, 5) is 11.4. The summed E-state index contributed by atoms with van der Waals surface area (Å²) in [7, 11) is 0. The van der Waals surface area contributed by atoms with Gasteiger partial charge in [0.2, 0.25) is 0 Å². The van der Waals surface area contributed by atoms with Gasteiger partial charge >= 0.3 is 5.97 Å². The molecule has 0 aliphatic heterocycles. The predicted molar refractivity (Wildman–Crippen MR) is 71.6 cm³/mol. The molecule has 0 radical (unpaired) electrons. The van der Waals surface area contributed by atoms with Gasteiger partial charge in [-0.05, 0) is 18.9 Å². The van der Waals surface area contributed by atoms with Crippen LogP contribution in [-0.2, 0) is 4.79 Å². The molecule has 0 saturated carbocycles. The Labute approximate surface area is 108 Å². The minimum Gasteiger partial charge on any atom is -0.481 e. The summed E-state index contributed by atoms with van der Waals surface area (Å²) in [6.45, 7) is 3.70. The van der Waals surface area contributed by atoms with Gasteiger partial charge in [-0.3, -0.25) is 4.79 Å². The van der Waals surface area contributed by atoms with E-state index in [9.17, 15) is 15.0 Å². The SMILES string of the molecule is CCCCC[C@@](C)(O)[C@@H](C(=O)O)c1ccccc1. The maximum absolute atomic E-state index is 11.4. The smallest absolute Gasteiger partial charge is 0.313 e. The summed E-state index contributed by atoms with van der Waals surface area (Å²) in [5, 5.41) is 19.8. The van der Waals surface area contributed by atoms with Crippen molar-refractivity contribution in [3.63, 3.8) is 0 Å². The maximum Gasteiger partial charge on any atom is 0.313 e. The van der Waals surface area contributed by atoms with E-state index in [0.717, 1.165) is 19.3 Å². The molecule has 0 aromatic heterocycles. The van der Waals surface area contributed by atoms with Gasteiger partial charge in [0, 0.05) is 0 Å². The molecule has 0 unspecified atom stereocenters. The molecule has 0 saturated heterocycles. The van der Waals surface area contributed by atoms with Crippen LogP contribution in [0.4, 0.5) is 0 Å². The van der Waals surface area contributed by atoms with E-state index >= 15 is 0 Å². The lowest BCUT2D eigenvalue weighted by Gasteiger charge is -2.30. The number of hydrogen-bond donors (Lipinski definition) is 2. The molecule has 2 atom stereocenters.